The summed E-state index contributed by atoms with van der Waals surface area (Å²) >= 11 is 6.00. The van der Waals surface area contributed by atoms with E-state index in [9.17, 15) is 4.39 Å². The van der Waals surface area contributed by atoms with Gasteiger partial charge in [-0.05, 0) is 18.6 Å². The zero-order valence-corrected chi connectivity index (χ0v) is 10.0. The maximum absolute atomic E-state index is 13.6. The average Bonchev–Trinajstić information content (AvgIpc) is 2.33. The fourth-order valence-electron chi connectivity index (χ4n) is 1.40. The molecule has 1 N–H and O–H groups in total. The van der Waals surface area contributed by atoms with Crippen molar-refractivity contribution in [2.24, 2.45) is 0 Å². The Morgan fingerprint density at radius 2 is 2.06 bits per heavy atom. The van der Waals surface area contributed by atoms with Gasteiger partial charge in [0.25, 0.3) is 0 Å². The van der Waals surface area contributed by atoms with Crippen molar-refractivity contribution >= 4 is 17.4 Å². The fourth-order valence-corrected chi connectivity index (χ4v) is 1.60. The van der Waals surface area contributed by atoms with Crippen LogP contribution in [-0.4, -0.2) is 9.97 Å². The van der Waals surface area contributed by atoms with Crippen molar-refractivity contribution in [2.75, 3.05) is 5.32 Å². The van der Waals surface area contributed by atoms with Crippen molar-refractivity contribution in [3.63, 3.8) is 0 Å². The first-order valence-corrected chi connectivity index (χ1v) is 5.50. The van der Waals surface area contributed by atoms with Crippen LogP contribution < -0.4 is 5.32 Å². The first-order chi connectivity index (χ1) is 8.18. The largest absolute Gasteiger partial charge is 0.363 e. The predicted octanol–water partition coefficient (Wildman–Crippen LogP) is 3.19. The molecule has 0 unspecified atom stereocenters. The molecule has 0 fully saturated rings. The van der Waals surface area contributed by atoms with Crippen LogP contribution in [0.25, 0.3) is 0 Å². The lowest BCUT2D eigenvalue weighted by molar-refractivity contribution is 0.604. The Bertz CT molecular complexity index is 531. The fraction of sp³-hybridized carbons (Fsp3) is 0.167. The first kappa shape index (κ1) is 11.8. The van der Waals surface area contributed by atoms with Crippen LogP contribution in [0.1, 0.15) is 11.3 Å². The van der Waals surface area contributed by atoms with Gasteiger partial charge in [-0.15, -0.1) is 0 Å². The van der Waals surface area contributed by atoms with Crippen LogP contribution in [0, 0.1) is 12.7 Å². The lowest BCUT2D eigenvalue weighted by Crippen LogP contribution is -2.05. The normalized spacial score (nSPS) is 10.3. The monoisotopic (exact) mass is 251 g/mol. The highest BCUT2D eigenvalue weighted by Crippen LogP contribution is 2.17. The number of aromatic nitrogens is 2. The van der Waals surface area contributed by atoms with Gasteiger partial charge >= 0.3 is 0 Å². The molecule has 2 rings (SSSR count). The molecule has 3 nitrogen and oxygen atoms in total. The summed E-state index contributed by atoms with van der Waals surface area (Å²) in [6.07, 6.45) is 1.33. The third kappa shape index (κ3) is 2.71. The van der Waals surface area contributed by atoms with Gasteiger partial charge in [-0.2, -0.15) is 0 Å². The van der Waals surface area contributed by atoms with Gasteiger partial charge in [0.05, 0.1) is 5.69 Å². The predicted molar refractivity (Wildman–Crippen MR) is 65.5 cm³/mol. The first-order valence-electron chi connectivity index (χ1n) is 5.13. The van der Waals surface area contributed by atoms with Crippen LogP contribution in [0.3, 0.4) is 0 Å². The van der Waals surface area contributed by atoms with Gasteiger partial charge in [0.15, 0.2) is 11.6 Å². The minimum absolute atomic E-state index is 0.192. The number of hydrogen-bond donors (Lipinski definition) is 1. The molecule has 0 radical (unpaired) electrons. The van der Waals surface area contributed by atoms with E-state index in [2.05, 4.69) is 15.3 Å². The highest BCUT2D eigenvalue weighted by molar-refractivity contribution is 6.31. The van der Waals surface area contributed by atoms with Crippen molar-refractivity contribution in [3.05, 3.63) is 52.7 Å². The van der Waals surface area contributed by atoms with E-state index in [0.29, 0.717) is 17.3 Å². The van der Waals surface area contributed by atoms with Crippen LogP contribution in [0.15, 0.2) is 30.6 Å². The molecule has 0 atom stereocenters. The summed E-state index contributed by atoms with van der Waals surface area (Å²) < 4.78 is 13.6. The lowest BCUT2D eigenvalue weighted by Gasteiger charge is -2.08. The summed E-state index contributed by atoms with van der Waals surface area (Å²) in [4.78, 5) is 7.60. The summed E-state index contributed by atoms with van der Waals surface area (Å²) in [5.74, 6) is -0.239. The van der Waals surface area contributed by atoms with Crippen molar-refractivity contribution in [1.29, 1.82) is 0 Å². The summed E-state index contributed by atoms with van der Waals surface area (Å²) in [5.41, 5.74) is 1.21. The Morgan fingerprint density at radius 3 is 2.82 bits per heavy atom. The number of aryl methyl sites for hydroxylation is 1. The van der Waals surface area contributed by atoms with E-state index in [1.807, 2.05) is 18.2 Å². The second-order valence-corrected chi connectivity index (χ2v) is 3.97. The molecule has 0 saturated carbocycles. The van der Waals surface area contributed by atoms with Gasteiger partial charge in [-0.25, -0.2) is 14.4 Å². The van der Waals surface area contributed by atoms with Crippen molar-refractivity contribution in [1.82, 2.24) is 9.97 Å². The molecule has 0 aliphatic carbocycles. The summed E-state index contributed by atoms with van der Waals surface area (Å²) in [6, 6.07) is 7.40. The van der Waals surface area contributed by atoms with E-state index >= 15 is 0 Å². The van der Waals surface area contributed by atoms with E-state index in [1.54, 1.807) is 13.0 Å². The molecule has 2 aromatic rings. The Balaban J connectivity index is 2.13. The second kappa shape index (κ2) is 5.10. The van der Waals surface area contributed by atoms with Crippen LogP contribution in [0.2, 0.25) is 5.02 Å². The maximum Gasteiger partial charge on any atom is 0.186 e. The quantitative estimate of drug-likeness (QED) is 0.910. The minimum Gasteiger partial charge on any atom is -0.363 e. The Labute approximate surface area is 104 Å². The minimum atomic E-state index is -0.431. The number of nitrogens with zero attached hydrogens (tertiary/aromatic N) is 2. The second-order valence-electron chi connectivity index (χ2n) is 3.57. The molecule has 1 heterocycles. The molecule has 0 aliphatic heterocycles. The molecule has 0 bridgehead atoms. The molecular weight excluding hydrogens is 241 g/mol. The smallest absolute Gasteiger partial charge is 0.186 e. The number of anilines is 1. The molecule has 1 aromatic heterocycles. The van der Waals surface area contributed by atoms with Crippen molar-refractivity contribution in [3.8, 4) is 0 Å². The van der Waals surface area contributed by atoms with Crippen LogP contribution in [0.4, 0.5) is 10.2 Å². The third-order valence-corrected chi connectivity index (χ3v) is 2.74. The standard InChI is InChI=1S/C12H11ClFN3/c1-8-11(14)12(17-7-16-8)15-6-9-4-2-3-5-10(9)13/h2-5,7H,6H2,1H3,(H,15,16,17). The van der Waals surface area contributed by atoms with Crippen LogP contribution >= 0.6 is 11.6 Å². The van der Waals surface area contributed by atoms with Crippen LogP contribution in [-0.2, 0) is 6.54 Å². The van der Waals surface area contributed by atoms with Crippen LogP contribution in [0.5, 0.6) is 0 Å². The van der Waals surface area contributed by atoms with Gasteiger partial charge < -0.3 is 5.32 Å². The number of nitrogens with one attached hydrogen (secondary N) is 1. The average molecular weight is 252 g/mol. The molecule has 0 aliphatic rings. The molecule has 5 heteroatoms. The van der Waals surface area contributed by atoms with E-state index in [4.69, 9.17) is 11.6 Å². The Morgan fingerprint density at radius 1 is 1.29 bits per heavy atom. The maximum atomic E-state index is 13.6. The summed E-state index contributed by atoms with van der Waals surface area (Å²) in [6.45, 7) is 2.02. The van der Waals surface area contributed by atoms with E-state index < -0.39 is 5.82 Å². The third-order valence-electron chi connectivity index (χ3n) is 2.37. The molecular formula is C12H11ClFN3. The van der Waals surface area contributed by atoms with E-state index in [-0.39, 0.29) is 5.82 Å². The van der Waals surface area contributed by atoms with Gasteiger partial charge in [0, 0.05) is 11.6 Å². The number of hydrogen-bond acceptors (Lipinski definition) is 3. The van der Waals surface area contributed by atoms with Crippen molar-refractivity contribution < 1.29 is 4.39 Å². The Kier molecular flexibility index (Phi) is 3.54. The van der Waals surface area contributed by atoms with Gasteiger partial charge in [-0.1, -0.05) is 29.8 Å². The number of benzene rings is 1. The summed E-state index contributed by atoms with van der Waals surface area (Å²) in [7, 11) is 0. The SMILES string of the molecule is Cc1ncnc(NCc2ccccc2Cl)c1F. The van der Waals surface area contributed by atoms with E-state index in [0.717, 1.165) is 5.56 Å². The molecule has 88 valence electrons. The Hall–Kier alpha value is -1.68. The zero-order chi connectivity index (χ0) is 12.3. The molecule has 17 heavy (non-hydrogen) atoms. The molecule has 1 aromatic carbocycles. The highest BCUT2D eigenvalue weighted by atomic mass is 35.5. The van der Waals surface area contributed by atoms with Crippen molar-refractivity contribution in [2.45, 2.75) is 13.5 Å². The van der Waals surface area contributed by atoms with Gasteiger partial charge in [-0.3, -0.25) is 0 Å². The van der Waals surface area contributed by atoms with Gasteiger partial charge in [0.2, 0.25) is 0 Å². The number of rotatable bonds is 3. The summed E-state index contributed by atoms with van der Waals surface area (Å²) in [5, 5.41) is 3.54. The lowest BCUT2D eigenvalue weighted by atomic mass is 10.2. The topological polar surface area (TPSA) is 37.8 Å². The number of halogens is 2. The molecule has 0 amide bonds. The molecule has 0 spiro atoms. The van der Waals surface area contributed by atoms with Gasteiger partial charge in [0.1, 0.15) is 6.33 Å². The highest BCUT2D eigenvalue weighted by Gasteiger charge is 2.07. The zero-order valence-electron chi connectivity index (χ0n) is 9.24. The molecule has 0 saturated heterocycles. The van der Waals surface area contributed by atoms with E-state index in [1.165, 1.54) is 6.33 Å².